The van der Waals surface area contributed by atoms with E-state index in [-0.39, 0.29) is 0 Å². The molecule has 0 saturated heterocycles. The monoisotopic (exact) mass is 641 g/mol. The van der Waals surface area contributed by atoms with E-state index in [1.807, 2.05) is 42.5 Å². The van der Waals surface area contributed by atoms with Crippen LogP contribution in [0.25, 0.3) is 61.7 Å². The Labute approximate surface area is 290 Å². The number of benzene rings is 7. The van der Waals surface area contributed by atoms with E-state index in [0.717, 1.165) is 61.1 Å². The van der Waals surface area contributed by atoms with Crippen molar-refractivity contribution < 1.29 is 0 Å². The average molecular weight is 642 g/mol. The van der Waals surface area contributed by atoms with Crippen molar-refractivity contribution in [1.29, 1.82) is 0 Å². The number of anilines is 3. The number of hydrogen-bond acceptors (Lipinski definition) is 4. The molecule has 2 heterocycles. The SMILES string of the molecule is c1ccc(-c2nc(-c3ccc(-c4cccc(N(c5ccccc5)c5ccccc5)c4)cc3)nc(-n3c4ccccc4c4ccccc43)n2)cc1. The number of nitrogens with zero attached hydrogens (tertiary/aromatic N) is 5. The van der Waals surface area contributed by atoms with Gasteiger partial charge in [-0.2, -0.15) is 9.97 Å². The van der Waals surface area contributed by atoms with Gasteiger partial charge in [0.2, 0.25) is 5.95 Å². The van der Waals surface area contributed by atoms with Gasteiger partial charge in [-0.1, -0.05) is 140 Å². The number of para-hydroxylation sites is 4. The zero-order chi connectivity index (χ0) is 33.3. The molecule has 50 heavy (non-hydrogen) atoms. The lowest BCUT2D eigenvalue weighted by molar-refractivity contribution is 0.953. The molecule has 0 amide bonds. The molecule has 9 rings (SSSR count). The van der Waals surface area contributed by atoms with E-state index >= 15 is 0 Å². The largest absolute Gasteiger partial charge is 0.310 e. The van der Waals surface area contributed by atoms with Crippen LogP contribution in [0.15, 0.2) is 188 Å². The quantitative estimate of drug-likeness (QED) is 0.174. The minimum atomic E-state index is 0.588. The van der Waals surface area contributed by atoms with Crippen LogP contribution in [0, 0.1) is 0 Å². The lowest BCUT2D eigenvalue weighted by atomic mass is 10.0. The summed E-state index contributed by atoms with van der Waals surface area (Å²) in [6.45, 7) is 0. The number of fused-ring (bicyclic) bond motifs is 3. The fourth-order valence-corrected chi connectivity index (χ4v) is 6.69. The van der Waals surface area contributed by atoms with Crippen molar-refractivity contribution in [3.63, 3.8) is 0 Å². The van der Waals surface area contributed by atoms with Crippen LogP contribution in [-0.2, 0) is 0 Å². The molecule has 0 saturated carbocycles. The molecule has 0 radical (unpaired) electrons. The highest BCUT2D eigenvalue weighted by atomic mass is 15.2. The topological polar surface area (TPSA) is 46.8 Å². The van der Waals surface area contributed by atoms with Crippen molar-refractivity contribution >= 4 is 38.9 Å². The zero-order valence-corrected chi connectivity index (χ0v) is 27.1. The third kappa shape index (κ3) is 5.37. The van der Waals surface area contributed by atoms with Crippen LogP contribution in [0.3, 0.4) is 0 Å². The first-order valence-corrected chi connectivity index (χ1v) is 16.7. The summed E-state index contributed by atoms with van der Waals surface area (Å²) in [6.07, 6.45) is 0. The van der Waals surface area contributed by atoms with Gasteiger partial charge in [-0.15, -0.1) is 0 Å². The zero-order valence-electron chi connectivity index (χ0n) is 27.1. The summed E-state index contributed by atoms with van der Waals surface area (Å²) in [4.78, 5) is 17.5. The van der Waals surface area contributed by atoms with Crippen molar-refractivity contribution in [3.8, 4) is 39.9 Å². The molecule has 0 bridgehead atoms. The third-order valence-electron chi connectivity index (χ3n) is 9.05. The molecular weight excluding hydrogens is 611 g/mol. The van der Waals surface area contributed by atoms with Gasteiger partial charge in [-0.05, 0) is 59.7 Å². The van der Waals surface area contributed by atoms with Crippen molar-refractivity contribution in [3.05, 3.63) is 188 Å². The number of aromatic nitrogens is 4. The van der Waals surface area contributed by atoms with Crippen LogP contribution in [0.1, 0.15) is 0 Å². The van der Waals surface area contributed by atoms with Crippen LogP contribution >= 0.6 is 0 Å². The molecule has 0 unspecified atom stereocenters. The van der Waals surface area contributed by atoms with E-state index in [1.165, 1.54) is 0 Å². The second-order valence-electron chi connectivity index (χ2n) is 12.2. The van der Waals surface area contributed by atoms with Crippen molar-refractivity contribution in [1.82, 2.24) is 19.5 Å². The van der Waals surface area contributed by atoms with Crippen molar-refractivity contribution in [2.45, 2.75) is 0 Å². The second-order valence-corrected chi connectivity index (χ2v) is 12.2. The molecule has 7 aromatic carbocycles. The molecule has 0 aliphatic rings. The summed E-state index contributed by atoms with van der Waals surface area (Å²) in [6, 6.07) is 65.1. The molecule has 0 aliphatic heterocycles. The van der Waals surface area contributed by atoms with E-state index in [9.17, 15) is 0 Å². The lowest BCUT2D eigenvalue weighted by Crippen LogP contribution is -2.09. The van der Waals surface area contributed by atoms with Crippen LogP contribution in [0.5, 0.6) is 0 Å². The normalized spacial score (nSPS) is 11.2. The van der Waals surface area contributed by atoms with Gasteiger partial charge in [0.1, 0.15) is 0 Å². The Balaban J connectivity index is 1.14. The van der Waals surface area contributed by atoms with Gasteiger partial charge in [-0.3, -0.25) is 4.57 Å². The smallest absolute Gasteiger partial charge is 0.238 e. The van der Waals surface area contributed by atoms with Crippen molar-refractivity contribution in [2.24, 2.45) is 0 Å². The summed E-state index contributed by atoms with van der Waals surface area (Å²) in [7, 11) is 0. The minimum Gasteiger partial charge on any atom is -0.310 e. The molecule has 9 aromatic rings. The first-order chi connectivity index (χ1) is 24.8. The minimum absolute atomic E-state index is 0.588. The fourth-order valence-electron chi connectivity index (χ4n) is 6.69. The number of rotatable bonds is 7. The molecule has 5 nitrogen and oxygen atoms in total. The Morgan fingerprint density at radius 1 is 0.340 bits per heavy atom. The van der Waals surface area contributed by atoms with Gasteiger partial charge in [0, 0.05) is 39.0 Å². The van der Waals surface area contributed by atoms with Crippen LogP contribution < -0.4 is 4.90 Å². The summed E-state index contributed by atoms with van der Waals surface area (Å²) in [5.41, 5.74) is 9.50. The van der Waals surface area contributed by atoms with Crippen LogP contribution in [-0.4, -0.2) is 19.5 Å². The Morgan fingerprint density at radius 3 is 1.36 bits per heavy atom. The van der Waals surface area contributed by atoms with Crippen molar-refractivity contribution in [2.75, 3.05) is 4.90 Å². The molecule has 0 spiro atoms. The lowest BCUT2D eigenvalue weighted by Gasteiger charge is -2.25. The van der Waals surface area contributed by atoms with E-state index in [1.54, 1.807) is 0 Å². The Bertz CT molecular complexity index is 2490. The van der Waals surface area contributed by atoms with Gasteiger partial charge in [0.05, 0.1) is 11.0 Å². The fraction of sp³-hybridized carbons (Fsp3) is 0. The summed E-state index contributed by atoms with van der Waals surface area (Å²) >= 11 is 0. The average Bonchev–Trinajstić information content (AvgIpc) is 3.54. The highest BCUT2D eigenvalue weighted by molar-refractivity contribution is 6.09. The summed E-state index contributed by atoms with van der Waals surface area (Å²) in [5, 5.41) is 2.33. The standard InChI is InChI=1S/C45H31N5/c1-4-15-33(16-5-1)43-46-44(48-45(47-43)50-41-25-12-10-23-39(41)40-24-11-13-26-42(40)50)34-29-27-32(28-30-34)35-17-14-22-38(31-35)49(36-18-6-2-7-19-36)37-20-8-3-9-21-37/h1-31H. The van der Waals surface area contributed by atoms with Crippen LogP contribution in [0.2, 0.25) is 0 Å². The number of hydrogen-bond donors (Lipinski definition) is 0. The maximum Gasteiger partial charge on any atom is 0.238 e. The molecule has 2 aromatic heterocycles. The maximum atomic E-state index is 5.11. The Morgan fingerprint density at radius 2 is 0.780 bits per heavy atom. The maximum absolute atomic E-state index is 5.11. The third-order valence-corrected chi connectivity index (χ3v) is 9.05. The van der Waals surface area contributed by atoms with Gasteiger partial charge in [-0.25, -0.2) is 4.98 Å². The van der Waals surface area contributed by atoms with Gasteiger partial charge in [0.25, 0.3) is 0 Å². The molecular formula is C45H31N5. The molecule has 0 atom stereocenters. The Kier molecular flexibility index (Phi) is 7.41. The molecule has 236 valence electrons. The van der Waals surface area contributed by atoms with E-state index in [0.29, 0.717) is 17.6 Å². The highest BCUT2D eigenvalue weighted by Crippen LogP contribution is 2.37. The summed E-state index contributed by atoms with van der Waals surface area (Å²) < 4.78 is 2.15. The Hall–Kier alpha value is -6.85. The predicted octanol–water partition coefficient (Wildman–Crippen LogP) is 11.4. The van der Waals surface area contributed by atoms with E-state index in [4.69, 9.17) is 15.0 Å². The first kappa shape index (κ1) is 29.3. The second kappa shape index (κ2) is 12.6. The van der Waals surface area contributed by atoms with Crippen LogP contribution in [0.4, 0.5) is 17.1 Å². The predicted molar refractivity (Wildman–Crippen MR) is 205 cm³/mol. The highest BCUT2D eigenvalue weighted by Gasteiger charge is 2.18. The first-order valence-electron chi connectivity index (χ1n) is 16.7. The van der Waals surface area contributed by atoms with E-state index in [2.05, 4.69) is 155 Å². The molecule has 0 aliphatic carbocycles. The summed E-state index contributed by atoms with van der Waals surface area (Å²) in [5.74, 6) is 1.84. The van der Waals surface area contributed by atoms with Gasteiger partial charge >= 0.3 is 0 Å². The molecule has 0 fully saturated rings. The van der Waals surface area contributed by atoms with E-state index < -0.39 is 0 Å². The van der Waals surface area contributed by atoms with Gasteiger partial charge in [0.15, 0.2) is 11.6 Å². The molecule has 0 N–H and O–H groups in total. The van der Waals surface area contributed by atoms with Gasteiger partial charge < -0.3 is 4.90 Å². The molecule has 5 heteroatoms.